The van der Waals surface area contributed by atoms with Crippen LogP contribution in [0.15, 0.2) is 53.3 Å². The number of imidazole rings is 1. The minimum atomic E-state index is -4.60. The lowest BCUT2D eigenvalue weighted by Gasteiger charge is -2.27. The van der Waals surface area contributed by atoms with Gasteiger partial charge in [0.05, 0.1) is 35.9 Å². The Bertz CT molecular complexity index is 1360. The lowest BCUT2D eigenvalue weighted by Crippen LogP contribution is -2.43. The van der Waals surface area contributed by atoms with Crippen molar-refractivity contribution < 1.29 is 22.4 Å². The lowest BCUT2D eigenvalue weighted by atomic mass is 9.92. The second-order valence-corrected chi connectivity index (χ2v) is 8.08. The molecule has 0 bridgehead atoms. The van der Waals surface area contributed by atoms with Crippen LogP contribution in [0.2, 0.25) is 0 Å². The summed E-state index contributed by atoms with van der Waals surface area (Å²) in [6.45, 7) is 2.73. The molecule has 0 spiro atoms. The van der Waals surface area contributed by atoms with Crippen LogP contribution in [0.25, 0.3) is 6.08 Å². The van der Waals surface area contributed by atoms with Crippen molar-refractivity contribution in [3.8, 4) is 0 Å². The summed E-state index contributed by atoms with van der Waals surface area (Å²) in [5.74, 6) is -1.11. The van der Waals surface area contributed by atoms with E-state index in [4.69, 9.17) is 5.73 Å². The highest BCUT2D eigenvalue weighted by Crippen LogP contribution is 2.26. The fourth-order valence-electron chi connectivity index (χ4n) is 3.95. The third-order valence-electron chi connectivity index (χ3n) is 5.77. The van der Waals surface area contributed by atoms with E-state index in [9.17, 15) is 22.4 Å². The summed E-state index contributed by atoms with van der Waals surface area (Å²) in [6, 6.07) is 4.10. The highest BCUT2D eigenvalue weighted by molar-refractivity contribution is 6.45. The molecule has 3 N–H and O–H groups in total. The highest BCUT2D eigenvalue weighted by atomic mass is 19.4. The van der Waals surface area contributed by atoms with Crippen LogP contribution in [0.5, 0.6) is 0 Å². The lowest BCUT2D eigenvalue weighted by molar-refractivity contribution is -0.212. The Kier molecular flexibility index (Phi) is 7.45. The maximum absolute atomic E-state index is 12.9. The summed E-state index contributed by atoms with van der Waals surface area (Å²) in [4.78, 5) is 25.5. The van der Waals surface area contributed by atoms with Crippen molar-refractivity contribution in [2.24, 2.45) is 21.9 Å². The number of nitrogens with one attached hydrogen (secondary N) is 1. The number of rotatable bonds is 4. The van der Waals surface area contributed by atoms with Crippen molar-refractivity contribution in [3.63, 3.8) is 0 Å². The van der Waals surface area contributed by atoms with E-state index in [2.05, 4.69) is 30.3 Å². The summed E-state index contributed by atoms with van der Waals surface area (Å²) < 4.78 is 50.8. The van der Waals surface area contributed by atoms with Crippen molar-refractivity contribution in [2.75, 3.05) is 6.54 Å². The van der Waals surface area contributed by atoms with Crippen LogP contribution < -0.4 is 5.73 Å². The van der Waals surface area contributed by atoms with Gasteiger partial charge in [-0.2, -0.15) is 14.9 Å². The predicted octanol–water partition coefficient (Wildman–Crippen LogP) is 3.00. The zero-order valence-corrected chi connectivity index (χ0v) is 19.7. The van der Waals surface area contributed by atoms with E-state index in [-0.39, 0.29) is 39.2 Å². The maximum Gasteiger partial charge on any atom is 0.504 e. The third-order valence-corrected chi connectivity index (χ3v) is 5.77. The number of hydrogen-bond acceptors (Lipinski definition) is 7. The Morgan fingerprint density at radius 2 is 2.08 bits per heavy atom. The Morgan fingerprint density at radius 1 is 1.27 bits per heavy atom. The minimum absolute atomic E-state index is 0.0697. The number of alkyl halides is 3. The molecule has 3 aromatic heterocycles. The Labute approximate surface area is 208 Å². The van der Waals surface area contributed by atoms with Crippen molar-refractivity contribution in [2.45, 2.75) is 32.6 Å². The zero-order valence-electron chi connectivity index (χ0n) is 19.7. The van der Waals surface area contributed by atoms with E-state index in [0.717, 1.165) is 17.6 Å². The van der Waals surface area contributed by atoms with Gasteiger partial charge in [-0.15, -0.1) is 18.3 Å². The average Bonchev–Trinajstić information content (AvgIpc) is 3.63. The van der Waals surface area contributed by atoms with Gasteiger partial charge in [0.2, 0.25) is 0 Å². The number of fused-ring (bicyclic) bond motifs is 1. The first-order valence-corrected chi connectivity index (χ1v) is 11.3. The van der Waals surface area contributed by atoms with Gasteiger partial charge in [0.25, 0.3) is 5.91 Å². The molecule has 14 heteroatoms. The zero-order chi connectivity index (χ0) is 26.6. The van der Waals surface area contributed by atoms with Gasteiger partial charge in [-0.1, -0.05) is 6.92 Å². The number of pyridine rings is 1. The summed E-state index contributed by atoms with van der Waals surface area (Å²) in [5, 5.41) is 11.5. The summed E-state index contributed by atoms with van der Waals surface area (Å²) in [6.07, 6.45) is 3.12. The first kappa shape index (κ1) is 25.7. The third kappa shape index (κ3) is 5.57. The topological polar surface area (TPSA) is 130 Å². The van der Waals surface area contributed by atoms with Gasteiger partial charge in [0.15, 0.2) is 0 Å². The number of carbonyl (C=O) groups excluding carboxylic acids is 1. The van der Waals surface area contributed by atoms with E-state index in [0.29, 0.717) is 25.9 Å². The molecule has 0 aromatic carbocycles. The molecular formula is C23H23F4N9O. The van der Waals surface area contributed by atoms with E-state index in [1.165, 1.54) is 36.7 Å². The monoisotopic (exact) mass is 517 g/mol. The van der Waals surface area contributed by atoms with E-state index >= 15 is 0 Å². The first-order valence-electron chi connectivity index (χ1n) is 11.3. The number of aromatic nitrogens is 5. The number of hydrogen-bond donors (Lipinski definition) is 2. The molecule has 1 unspecified atom stereocenters. The number of H-pyrrole nitrogens is 1. The molecule has 1 amide bonds. The Hall–Kier alpha value is -4.36. The average molecular weight is 517 g/mol. The van der Waals surface area contributed by atoms with Gasteiger partial charge in [-0.3, -0.25) is 9.78 Å². The van der Waals surface area contributed by atoms with E-state index < -0.39 is 12.2 Å². The van der Waals surface area contributed by atoms with Crippen molar-refractivity contribution in [1.82, 2.24) is 29.6 Å². The number of halogens is 4. The SMILES string of the molecule is CCC1C(C(=O)N2CCc3nc[nH]c3C2)=NN=C1c1ccn(C(F)(F)F)n1.N/C=C\c1ncccc1F. The maximum atomic E-state index is 12.9. The number of nitrogens with zero attached hydrogens (tertiary/aromatic N) is 7. The van der Waals surface area contributed by atoms with Crippen LogP contribution in [-0.2, 0) is 24.1 Å². The van der Waals surface area contributed by atoms with Crippen LogP contribution >= 0.6 is 0 Å². The predicted molar refractivity (Wildman–Crippen MR) is 126 cm³/mol. The molecule has 0 fully saturated rings. The Balaban J connectivity index is 0.000000270. The summed E-state index contributed by atoms with van der Waals surface area (Å²) >= 11 is 0. The number of amides is 1. The fraction of sp³-hybridized carbons (Fsp3) is 0.304. The van der Waals surface area contributed by atoms with Gasteiger partial charge >= 0.3 is 6.30 Å². The molecule has 5 heterocycles. The second-order valence-electron chi connectivity index (χ2n) is 8.08. The van der Waals surface area contributed by atoms with Crippen LogP contribution in [0.1, 0.15) is 36.1 Å². The molecule has 0 saturated heterocycles. The molecular weight excluding hydrogens is 494 g/mol. The summed E-state index contributed by atoms with van der Waals surface area (Å²) in [5.41, 5.74) is 7.71. The smallest absolute Gasteiger partial charge is 0.405 e. The van der Waals surface area contributed by atoms with E-state index in [1.54, 1.807) is 11.2 Å². The number of carbonyl (C=O) groups is 1. The number of aromatic amines is 1. The van der Waals surface area contributed by atoms with Crippen LogP contribution in [0, 0.1) is 11.7 Å². The molecule has 1 atom stereocenters. The molecule has 194 valence electrons. The molecule has 0 aliphatic carbocycles. The molecule has 37 heavy (non-hydrogen) atoms. The van der Waals surface area contributed by atoms with Crippen LogP contribution in [-0.4, -0.2) is 53.5 Å². The fourth-order valence-corrected chi connectivity index (χ4v) is 3.95. The highest BCUT2D eigenvalue weighted by Gasteiger charge is 2.38. The van der Waals surface area contributed by atoms with Crippen LogP contribution in [0.3, 0.4) is 0 Å². The van der Waals surface area contributed by atoms with E-state index in [1.807, 2.05) is 6.92 Å². The second kappa shape index (κ2) is 10.7. The van der Waals surface area contributed by atoms with Crippen LogP contribution in [0.4, 0.5) is 17.6 Å². The molecule has 2 aliphatic heterocycles. The molecule has 5 rings (SSSR count). The van der Waals surface area contributed by atoms with Gasteiger partial charge in [-0.05, 0) is 36.9 Å². The Morgan fingerprint density at radius 3 is 2.76 bits per heavy atom. The van der Waals surface area contributed by atoms with Gasteiger partial charge < -0.3 is 15.6 Å². The molecule has 2 aliphatic rings. The normalized spacial score (nSPS) is 17.2. The largest absolute Gasteiger partial charge is 0.504 e. The van der Waals surface area contributed by atoms with Crippen molar-refractivity contribution in [3.05, 3.63) is 71.7 Å². The van der Waals surface area contributed by atoms with Gasteiger partial charge in [0.1, 0.15) is 22.9 Å². The molecule has 3 aromatic rings. The molecule has 10 nitrogen and oxygen atoms in total. The molecule has 0 saturated carbocycles. The minimum Gasteiger partial charge on any atom is -0.405 e. The standard InChI is InChI=1S/C16H16F3N7O.C7H7FN2/c1-2-9-13(11-4-6-26(24-11)16(17,18)19)22-23-14(9)15(27)25-5-3-10-12(7-25)21-8-20-10;8-6-2-1-5-10-7(6)3-4-9/h4,6,8-9H,2-3,5,7H2,1H3,(H,20,21);1-5H,9H2/b;4-3-. The van der Waals surface area contributed by atoms with Crippen molar-refractivity contribution >= 4 is 23.4 Å². The quantitative estimate of drug-likeness (QED) is 0.514. The van der Waals surface area contributed by atoms with Crippen molar-refractivity contribution in [1.29, 1.82) is 0 Å². The van der Waals surface area contributed by atoms with Gasteiger partial charge in [0, 0.05) is 25.4 Å². The molecule has 0 radical (unpaired) electrons. The number of nitrogens with two attached hydrogens (primary N) is 1. The summed E-state index contributed by atoms with van der Waals surface area (Å²) in [7, 11) is 0. The first-order chi connectivity index (χ1) is 17.7. The van der Waals surface area contributed by atoms with Gasteiger partial charge in [-0.25, -0.2) is 9.37 Å².